The lowest BCUT2D eigenvalue weighted by Crippen LogP contribution is -2.38. The molecule has 1 saturated carbocycles. The molecule has 0 bridgehead atoms. The van der Waals surface area contributed by atoms with Gasteiger partial charge in [0, 0.05) is 12.2 Å². The number of hydrogen-bond donors (Lipinski definition) is 2. The Morgan fingerprint density at radius 2 is 2.20 bits per heavy atom. The molecule has 0 saturated heterocycles. The molecule has 1 aliphatic rings. The number of amides is 1. The van der Waals surface area contributed by atoms with Crippen molar-refractivity contribution in [3.05, 3.63) is 23.9 Å². The summed E-state index contributed by atoms with van der Waals surface area (Å²) in [5.41, 5.74) is 0.396. The van der Waals surface area contributed by atoms with Gasteiger partial charge in [-0.15, -0.1) is 0 Å². The maximum atomic E-state index is 11.8. The third-order valence-electron chi connectivity index (χ3n) is 2.96. The van der Waals surface area contributed by atoms with Gasteiger partial charge < -0.3 is 15.4 Å². The van der Waals surface area contributed by atoms with Crippen LogP contribution >= 0.6 is 0 Å². The molecule has 1 aromatic heterocycles. The number of carbonyl (C=O) groups excluding carboxylic acids is 2. The van der Waals surface area contributed by atoms with Crippen molar-refractivity contribution >= 4 is 17.7 Å². The second kappa shape index (κ2) is 6.36. The van der Waals surface area contributed by atoms with Crippen LogP contribution in [0.1, 0.15) is 37.0 Å². The second-order valence-corrected chi connectivity index (χ2v) is 4.80. The first-order valence-electron chi connectivity index (χ1n) is 6.80. The van der Waals surface area contributed by atoms with Gasteiger partial charge in [-0.3, -0.25) is 4.79 Å². The molecule has 1 fully saturated rings. The van der Waals surface area contributed by atoms with Gasteiger partial charge in [0.2, 0.25) is 5.91 Å². The number of ether oxygens (including phenoxy) is 1. The summed E-state index contributed by atoms with van der Waals surface area (Å²) in [6.45, 7) is 3.86. The van der Waals surface area contributed by atoms with Crippen LogP contribution in [0.4, 0.5) is 5.82 Å². The van der Waals surface area contributed by atoms with Crippen molar-refractivity contribution in [1.29, 1.82) is 0 Å². The van der Waals surface area contributed by atoms with Crippen molar-refractivity contribution < 1.29 is 14.3 Å². The highest BCUT2D eigenvalue weighted by atomic mass is 16.5. The Bertz CT molecular complexity index is 483. The Labute approximate surface area is 117 Å². The molecule has 1 unspecified atom stereocenters. The van der Waals surface area contributed by atoms with E-state index < -0.39 is 5.97 Å². The van der Waals surface area contributed by atoms with Crippen LogP contribution in [0, 0.1) is 0 Å². The minimum absolute atomic E-state index is 0.0382. The lowest BCUT2D eigenvalue weighted by Gasteiger charge is -2.14. The van der Waals surface area contributed by atoms with Gasteiger partial charge in [-0.25, -0.2) is 9.78 Å². The maximum Gasteiger partial charge on any atom is 0.339 e. The van der Waals surface area contributed by atoms with Crippen molar-refractivity contribution in [2.45, 2.75) is 38.8 Å². The van der Waals surface area contributed by atoms with E-state index in [0.29, 0.717) is 24.0 Å². The lowest BCUT2D eigenvalue weighted by molar-refractivity contribution is -0.121. The molecular formula is C14H19N3O3. The standard InChI is InChI=1S/C14H19N3O3/c1-3-20-14(19)10-4-7-12(15-8-10)16-9(2)13(18)17-11-5-6-11/h4,7-9,11H,3,5-6H2,1-2H3,(H,15,16)(H,17,18). The summed E-state index contributed by atoms with van der Waals surface area (Å²) in [5.74, 6) is 0.117. The van der Waals surface area contributed by atoms with Crippen molar-refractivity contribution in [3.8, 4) is 0 Å². The molecule has 1 amide bonds. The van der Waals surface area contributed by atoms with Crippen molar-refractivity contribution in [3.63, 3.8) is 0 Å². The van der Waals surface area contributed by atoms with Crippen LogP contribution in [0.25, 0.3) is 0 Å². The average molecular weight is 277 g/mol. The van der Waals surface area contributed by atoms with Crippen molar-refractivity contribution in [2.24, 2.45) is 0 Å². The van der Waals surface area contributed by atoms with Crippen LogP contribution in [0.5, 0.6) is 0 Å². The van der Waals surface area contributed by atoms with Crippen LogP contribution in [0.2, 0.25) is 0 Å². The number of anilines is 1. The van der Waals surface area contributed by atoms with Gasteiger partial charge in [0.05, 0.1) is 12.2 Å². The summed E-state index contributed by atoms with van der Waals surface area (Å²) >= 11 is 0. The average Bonchev–Trinajstić information content (AvgIpc) is 3.23. The molecule has 0 radical (unpaired) electrons. The molecule has 108 valence electrons. The Kier molecular flexibility index (Phi) is 4.55. The van der Waals surface area contributed by atoms with E-state index in [1.807, 2.05) is 0 Å². The number of nitrogens with zero attached hydrogens (tertiary/aromatic N) is 1. The Balaban J connectivity index is 1.89. The molecule has 2 N–H and O–H groups in total. The molecule has 0 spiro atoms. The lowest BCUT2D eigenvalue weighted by atomic mass is 10.2. The summed E-state index contributed by atoms with van der Waals surface area (Å²) in [5, 5.41) is 5.91. The third kappa shape index (κ3) is 3.94. The van der Waals surface area contributed by atoms with E-state index in [9.17, 15) is 9.59 Å². The van der Waals surface area contributed by atoms with Crippen molar-refractivity contribution in [1.82, 2.24) is 10.3 Å². The summed E-state index contributed by atoms with van der Waals surface area (Å²) in [6.07, 6.45) is 3.56. The van der Waals surface area contributed by atoms with Crippen LogP contribution in [-0.2, 0) is 9.53 Å². The van der Waals surface area contributed by atoms with Crippen LogP contribution in [0.3, 0.4) is 0 Å². The topological polar surface area (TPSA) is 80.3 Å². The first-order valence-corrected chi connectivity index (χ1v) is 6.80. The molecule has 2 rings (SSSR count). The molecule has 1 atom stereocenters. The number of hydrogen-bond acceptors (Lipinski definition) is 5. The minimum atomic E-state index is -0.397. The number of esters is 1. The zero-order valence-electron chi connectivity index (χ0n) is 11.7. The number of aromatic nitrogens is 1. The molecule has 0 aromatic carbocycles. The van der Waals surface area contributed by atoms with E-state index in [0.717, 1.165) is 12.8 Å². The summed E-state index contributed by atoms with van der Waals surface area (Å²) in [7, 11) is 0. The molecule has 0 aliphatic heterocycles. The highest BCUT2D eigenvalue weighted by Crippen LogP contribution is 2.18. The molecule has 1 aliphatic carbocycles. The predicted molar refractivity (Wildman–Crippen MR) is 74.4 cm³/mol. The minimum Gasteiger partial charge on any atom is -0.462 e. The van der Waals surface area contributed by atoms with Gasteiger partial charge in [0.1, 0.15) is 11.9 Å². The number of pyridine rings is 1. The molecule has 20 heavy (non-hydrogen) atoms. The Morgan fingerprint density at radius 1 is 1.45 bits per heavy atom. The summed E-state index contributed by atoms with van der Waals surface area (Å²) in [6, 6.07) is 3.26. The Morgan fingerprint density at radius 3 is 2.75 bits per heavy atom. The van der Waals surface area contributed by atoms with Gasteiger partial charge in [-0.1, -0.05) is 0 Å². The normalized spacial score (nSPS) is 15.3. The molecular weight excluding hydrogens is 258 g/mol. The van der Waals surface area contributed by atoms with Gasteiger partial charge >= 0.3 is 5.97 Å². The summed E-state index contributed by atoms with van der Waals surface area (Å²) in [4.78, 5) is 27.4. The van der Waals surface area contributed by atoms with E-state index in [2.05, 4.69) is 15.6 Å². The fourth-order valence-corrected chi connectivity index (χ4v) is 1.66. The van der Waals surface area contributed by atoms with E-state index in [-0.39, 0.29) is 11.9 Å². The first-order chi connectivity index (χ1) is 9.60. The number of carbonyl (C=O) groups is 2. The Hall–Kier alpha value is -2.11. The van der Waals surface area contributed by atoms with E-state index in [1.165, 1.54) is 6.20 Å². The fourth-order valence-electron chi connectivity index (χ4n) is 1.66. The second-order valence-electron chi connectivity index (χ2n) is 4.80. The fraction of sp³-hybridized carbons (Fsp3) is 0.500. The zero-order valence-corrected chi connectivity index (χ0v) is 11.7. The van der Waals surface area contributed by atoms with Crippen LogP contribution in [-0.4, -0.2) is 35.6 Å². The highest BCUT2D eigenvalue weighted by molar-refractivity contribution is 5.89. The van der Waals surface area contributed by atoms with Gasteiger partial charge in [-0.05, 0) is 38.8 Å². The maximum absolute atomic E-state index is 11.8. The van der Waals surface area contributed by atoms with E-state index >= 15 is 0 Å². The molecule has 6 nitrogen and oxygen atoms in total. The third-order valence-corrected chi connectivity index (χ3v) is 2.96. The largest absolute Gasteiger partial charge is 0.462 e. The number of nitrogens with one attached hydrogen (secondary N) is 2. The highest BCUT2D eigenvalue weighted by Gasteiger charge is 2.25. The van der Waals surface area contributed by atoms with Gasteiger partial charge in [-0.2, -0.15) is 0 Å². The van der Waals surface area contributed by atoms with Crippen molar-refractivity contribution in [2.75, 3.05) is 11.9 Å². The van der Waals surface area contributed by atoms with E-state index in [4.69, 9.17) is 4.74 Å². The first kappa shape index (κ1) is 14.3. The smallest absolute Gasteiger partial charge is 0.339 e. The predicted octanol–water partition coefficient (Wildman–Crippen LogP) is 1.34. The van der Waals surface area contributed by atoms with Gasteiger partial charge in [0.15, 0.2) is 0 Å². The number of rotatable bonds is 6. The van der Waals surface area contributed by atoms with Crippen LogP contribution < -0.4 is 10.6 Å². The molecule has 1 heterocycles. The SMILES string of the molecule is CCOC(=O)c1ccc(NC(C)C(=O)NC2CC2)nc1. The van der Waals surface area contributed by atoms with E-state index in [1.54, 1.807) is 26.0 Å². The quantitative estimate of drug-likeness (QED) is 0.767. The van der Waals surface area contributed by atoms with Crippen LogP contribution in [0.15, 0.2) is 18.3 Å². The molecule has 6 heteroatoms. The van der Waals surface area contributed by atoms with Gasteiger partial charge in [0.25, 0.3) is 0 Å². The molecule has 1 aromatic rings. The monoisotopic (exact) mass is 277 g/mol. The zero-order chi connectivity index (χ0) is 14.5. The summed E-state index contributed by atoms with van der Waals surface area (Å²) < 4.78 is 4.87.